The van der Waals surface area contributed by atoms with Gasteiger partial charge in [0.1, 0.15) is 11.5 Å². The largest absolute Gasteiger partial charge is 0.451 e. The highest BCUT2D eigenvalue weighted by atomic mass is 19.4. The number of anilines is 1. The van der Waals surface area contributed by atoms with Gasteiger partial charge in [-0.2, -0.15) is 26.3 Å². The van der Waals surface area contributed by atoms with Gasteiger partial charge < -0.3 is 14.6 Å². The van der Waals surface area contributed by atoms with Crippen LogP contribution in [0, 0.1) is 13.8 Å². The number of hydrogen-bond donors (Lipinski definition) is 1. The van der Waals surface area contributed by atoms with Gasteiger partial charge >= 0.3 is 18.4 Å². The summed E-state index contributed by atoms with van der Waals surface area (Å²) in [5, 5.41) is 10.2. The van der Waals surface area contributed by atoms with Gasteiger partial charge in [0.05, 0.1) is 28.2 Å². The third-order valence-corrected chi connectivity index (χ3v) is 6.64. The Bertz CT molecular complexity index is 1610. The second kappa shape index (κ2) is 11.0. The molecular weight excluding hydrogens is 570 g/mol. The van der Waals surface area contributed by atoms with Gasteiger partial charge in [0.25, 0.3) is 11.8 Å². The maximum absolute atomic E-state index is 13.3. The van der Waals surface area contributed by atoms with Crippen molar-refractivity contribution in [1.82, 2.24) is 35.0 Å². The Hall–Kier alpha value is -4.63. The minimum Gasteiger partial charge on any atom is -0.414 e. The van der Waals surface area contributed by atoms with Crippen molar-refractivity contribution in [3.05, 3.63) is 65.1 Å². The summed E-state index contributed by atoms with van der Waals surface area (Å²) in [4.78, 5) is 29.9. The molecule has 0 spiro atoms. The van der Waals surface area contributed by atoms with Crippen molar-refractivity contribution in [2.45, 2.75) is 45.0 Å². The van der Waals surface area contributed by atoms with E-state index in [2.05, 4.69) is 35.5 Å². The molecule has 4 aromatic rings. The summed E-state index contributed by atoms with van der Waals surface area (Å²) in [7, 11) is 0. The monoisotopic (exact) mass is 592 g/mol. The molecule has 0 atom stereocenters. The molecule has 0 radical (unpaired) electrons. The molecule has 1 aromatic carbocycles. The minimum absolute atomic E-state index is 0.0198. The van der Waals surface area contributed by atoms with Crippen molar-refractivity contribution in [2.24, 2.45) is 0 Å². The van der Waals surface area contributed by atoms with E-state index in [-0.39, 0.29) is 42.2 Å². The molecule has 3 aromatic heterocycles. The number of nitrogens with zero attached hydrogens (tertiary/aromatic N) is 7. The van der Waals surface area contributed by atoms with E-state index in [1.807, 2.05) is 0 Å². The number of likely N-dealkylation sites (tertiary alicyclic amines) is 1. The molecule has 0 bridgehead atoms. The third kappa shape index (κ3) is 6.01. The molecule has 0 unspecified atom stereocenters. The van der Waals surface area contributed by atoms with Gasteiger partial charge in [-0.05, 0) is 44.9 Å². The molecule has 1 N–H and O–H groups in total. The summed E-state index contributed by atoms with van der Waals surface area (Å²) in [6.07, 6.45) is -7.62. The van der Waals surface area contributed by atoms with E-state index in [0.717, 1.165) is 12.3 Å². The van der Waals surface area contributed by atoms with Crippen LogP contribution in [-0.4, -0.2) is 54.2 Å². The smallest absolute Gasteiger partial charge is 0.414 e. The molecule has 0 saturated carbocycles. The Balaban J connectivity index is 1.35. The molecule has 2 amide bonds. The summed E-state index contributed by atoms with van der Waals surface area (Å²) < 4.78 is 85.0. The number of piperidine rings is 1. The van der Waals surface area contributed by atoms with E-state index in [1.54, 1.807) is 13.8 Å². The maximum atomic E-state index is 13.3. The normalized spacial score (nSPS) is 14.7. The zero-order chi connectivity index (χ0) is 30.2. The van der Waals surface area contributed by atoms with Crippen molar-refractivity contribution in [1.29, 1.82) is 0 Å². The molecule has 42 heavy (non-hydrogen) atoms. The lowest BCUT2D eigenvalue weighted by Crippen LogP contribution is -2.41. The average Bonchev–Trinajstić information content (AvgIpc) is 3.42. The first kappa shape index (κ1) is 28.9. The standard InChI is InChI=1S/C26H22F6N8O2/c1-13-19(22-39-38-21(42-22)18-7-10-33-23(36-18)26(30,31)32)20(35-14(2)34-13)15-8-11-40(12-9-15)24(41)37-17-6-4-3-5-16(17)25(27,28)29/h3-7,10,15H,8-9,11-12H2,1-2H3,(H,37,41). The Labute approximate surface area is 234 Å². The first-order valence-electron chi connectivity index (χ1n) is 12.6. The van der Waals surface area contributed by atoms with Crippen molar-refractivity contribution in [2.75, 3.05) is 18.4 Å². The van der Waals surface area contributed by atoms with Crippen LogP contribution < -0.4 is 5.32 Å². The predicted octanol–water partition coefficient (Wildman–Crippen LogP) is 6.05. The van der Waals surface area contributed by atoms with Gasteiger partial charge in [-0.15, -0.1) is 10.2 Å². The zero-order valence-electron chi connectivity index (χ0n) is 22.1. The van der Waals surface area contributed by atoms with Crippen LogP contribution >= 0.6 is 0 Å². The molecule has 1 fully saturated rings. The van der Waals surface area contributed by atoms with Crippen LogP contribution in [0.1, 0.15) is 47.4 Å². The van der Waals surface area contributed by atoms with Gasteiger partial charge in [-0.1, -0.05) is 12.1 Å². The number of alkyl halides is 6. The van der Waals surface area contributed by atoms with Crippen molar-refractivity contribution < 1.29 is 35.6 Å². The van der Waals surface area contributed by atoms with Crippen LogP contribution in [0.15, 0.2) is 40.9 Å². The van der Waals surface area contributed by atoms with Crippen molar-refractivity contribution >= 4 is 11.7 Å². The van der Waals surface area contributed by atoms with Crippen LogP contribution in [0.2, 0.25) is 0 Å². The van der Waals surface area contributed by atoms with Crippen molar-refractivity contribution in [3.8, 4) is 23.0 Å². The average molecular weight is 593 g/mol. The summed E-state index contributed by atoms with van der Waals surface area (Å²) >= 11 is 0. The number of amides is 2. The molecule has 5 rings (SSSR count). The number of benzene rings is 1. The van der Waals surface area contributed by atoms with E-state index >= 15 is 0 Å². The Morgan fingerprint density at radius 2 is 1.62 bits per heavy atom. The van der Waals surface area contributed by atoms with E-state index in [4.69, 9.17) is 4.42 Å². The number of carbonyl (C=O) groups is 1. The van der Waals surface area contributed by atoms with Gasteiger partial charge in [0.15, 0.2) is 0 Å². The molecule has 16 heteroatoms. The van der Waals surface area contributed by atoms with Crippen LogP contribution in [0.3, 0.4) is 0 Å². The van der Waals surface area contributed by atoms with E-state index < -0.39 is 29.8 Å². The predicted molar refractivity (Wildman–Crippen MR) is 135 cm³/mol. The first-order valence-corrected chi connectivity index (χ1v) is 12.6. The minimum atomic E-state index is -4.76. The number of para-hydroxylation sites is 1. The highest BCUT2D eigenvalue weighted by Gasteiger charge is 2.36. The second-order valence-corrected chi connectivity index (χ2v) is 9.53. The fraction of sp³-hybridized carbons (Fsp3) is 0.346. The summed E-state index contributed by atoms with van der Waals surface area (Å²) in [5.41, 5.74) is -0.0344. The van der Waals surface area contributed by atoms with Gasteiger partial charge in [-0.25, -0.2) is 24.7 Å². The van der Waals surface area contributed by atoms with Crippen LogP contribution in [0.25, 0.3) is 23.0 Å². The summed E-state index contributed by atoms with van der Waals surface area (Å²) in [5.74, 6) is -1.38. The molecule has 1 aliphatic rings. The van der Waals surface area contributed by atoms with Crippen LogP contribution in [0.4, 0.5) is 36.8 Å². The topological polar surface area (TPSA) is 123 Å². The fourth-order valence-electron chi connectivity index (χ4n) is 4.73. The molecule has 1 saturated heterocycles. The molecule has 0 aliphatic carbocycles. The van der Waals surface area contributed by atoms with Crippen LogP contribution in [-0.2, 0) is 12.4 Å². The number of aryl methyl sites for hydroxylation is 2. The molecule has 1 aliphatic heterocycles. The number of nitrogens with one attached hydrogen (secondary N) is 1. The van der Waals surface area contributed by atoms with Crippen LogP contribution in [0.5, 0.6) is 0 Å². The first-order chi connectivity index (χ1) is 19.8. The number of rotatable bonds is 4. The molecular formula is C26H22F6N8O2. The van der Waals surface area contributed by atoms with Gasteiger partial charge in [0.2, 0.25) is 5.82 Å². The highest BCUT2D eigenvalue weighted by Crippen LogP contribution is 2.38. The Morgan fingerprint density at radius 1 is 0.929 bits per heavy atom. The SMILES string of the molecule is Cc1nc(C)c(-c2nnc(-c3ccnc(C(F)(F)F)n3)o2)c(C2CCN(C(=O)Nc3ccccc3C(F)(F)F)CC2)n1. The van der Waals surface area contributed by atoms with E-state index in [0.29, 0.717) is 35.6 Å². The second-order valence-electron chi connectivity index (χ2n) is 9.53. The molecule has 220 valence electrons. The van der Waals surface area contributed by atoms with Gasteiger partial charge in [0, 0.05) is 25.2 Å². The molecule has 4 heterocycles. The number of carbonyl (C=O) groups excluding carboxylic acids is 1. The lowest BCUT2D eigenvalue weighted by Gasteiger charge is -2.32. The fourth-order valence-corrected chi connectivity index (χ4v) is 4.73. The number of aromatic nitrogens is 6. The van der Waals surface area contributed by atoms with Crippen molar-refractivity contribution in [3.63, 3.8) is 0 Å². The maximum Gasteiger partial charge on any atom is 0.451 e. The summed E-state index contributed by atoms with van der Waals surface area (Å²) in [6.45, 7) is 3.84. The zero-order valence-corrected chi connectivity index (χ0v) is 22.1. The summed E-state index contributed by atoms with van der Waals surface area (Å²) in [6, 6.07) is 5.28. The van der Waals surface area contributed by atoms with E-state index in [9.17, 15) is 31.1 Å². The highest BCUT2D eigenvalue weighted by molar-refractivity contribution is 5.90. The Morgan fingerprint density at radius 3 is 2.31 bits per heavy atom. The number of urea groups is 1. The quantitative estimate of drug-likeness (QED) is 0.284. The Kier molecular flexibility index (Phi) is 7.55. The third-order valence-electron chi connectivity index (χ3n) is 6.64. The lowest BCUT2D eigenvalue weighted by molar-refractivity contribution is -0.145. The van der Waals surface area contributed by atoms with Gasteiger partial charge in [-0.3, -0.25) is 0 Å². The van der Waals surface area contributed by atoms with E-state index in [1.165, 1.54) is 29.2 Å². The number of halogens is 6. The lowest BCUT2D eigenvalue weighted by atomic mass is 9.90. The molecule has 10 nitrogen and oxygen atoms in total. The number of hydrogen-bond acceptors (Lipinski definition) is 8.